The lowest BCUT2D eigenvalue weighted by Crippen LogP contribution is -2.22. The first-order valence-electron chi connectivity index (χ1n) is 9.72. The molecule has 3 aromatic heterocycles. The molecule has 0 radical (unpaired) electrons. The number of rotatable bonds is 4. The lowest BCUT2D eigenvalue weighted by atomic mass is 9.92. The van der Waals surface area contributed by atoms with Crippen molar-refractivity contribution in [1.82, 2.24) is 29.5 Å². The number of fused-ring (bicyclic) bond motifs is 1. The van der Waals surface area contributed by atoms with Crippen LogP contribution in [0.25, 0.3) is 22.7 Å². The van der Waals surface area contributed by atoms with Gasteiger partial charge in [0.15, 0.2) is 5.65 Å². The maximum Gasteiger partial charge on any atom is 0.263 e. The molecule has 31 heavy (non-hydrogen) atoms. The molecule has 1 amide bonds. The number of amides is 1. The third-order valence-electron chi connectivity index (χ3n) is 4.47. The Morgan fingerprint density at radius 3 is 2.71 bits per heavy atom. The second-order valence-electron chi connectivity index (χ2n) is 8.53. The summed E-state index contributed by atoms with van der Waals surface area (Å²) in [5.41, 5.74) is 1.15. The molecule has 0 saturated heterocycles. The second kappa shape index (κ2) is 7.66. The summed E-state index contributed by atoms with van der Waals surface area (Å²) in [7, 11) is 0. The van der Waals surface area contributed by atoms with Crippen LogP contribution in [0.15, 0.2) is 41.3 Å². The molecular formula is C21H22ClN7O2. The van der Waals surface area contributed by atoms with Crippen molar-refractivity contribution in [3.05, 3.63) is 57.6 Å². The highest BCUT2D eigenvalue weighted by molar-refractivity contribution is 6.30. The van der Waals surface area contributed by atoms with Crippen molar-refractivity contribution < 1.29 is 4.79 Å². The zero-order valence-electron chi connectivity index (χ0n) is 17.6. The van der Waals surface area contributed by atoms with Crippen LogP contribution < -0.4 is 10.9 Å². The molecule has 3 heterocycles. The molecule has 10 heteroatoms. The van der Waals surface area contributed by atoms with Gasteiger partial charge in [0, 0.05) is 17.5 Å². The smallest absolute Gasteiger partial charge is 0.263 e. The van der Waals surface area contributed by atoms with Crippen molar-refractivity contribution in [3.63, 3.8) is 0 Å². The molecule has 4 rings (SSSR count). The highest BCUT2D eigenvalue weighted by atomic mass is 35.5. The number of anilines is 1. The Kier molecular flexibility index (Phi) is 5.14. The van der Waals surface area contributed by atoms with Gasteiger partial charge in [0.1, 0.15) is 11.2 Å². The Morgan fingerprint density at radius 1 is 1.23 bits per heavy atom. The normalized spacial score (nSPS) is 11.8. The van der Waals surface area contributed by atoms with Crippen LogP contribution in [0.5, 0.6) is 0 Å². The van der Waals surface area contributed by atoms with E-state index in [1.807, 2.05) is 26.8 Å². The van der Waals surface area contributed by atoms with E-state index in [0.717, 1.165) is 0 Å². The van der Waals surface area contributed by atoms with Crippen molar-refractivity contribution in [2.24, 2.45) is 5.41 Å². The van der Waals surface area contributed by atoms with E-state index in [1.165, 1.54) is 15.6 Å². The van der Waals surface area contributed by atoms with Gasteiger partial charge in [-0.3, -0.25) is 14.6 Å². The summed E-state index contributed by atoms with van der Waals surface area (Å²) in [5, 5.41) is 12.4. The monoisotopic (exact) mass is 439 g/mol. The third kappa shape index (κ3) is 4.36. The molecule has 0 fully saturated rings. The molecule has 9 nitrogen and oxygen atoms in total. The number of hydrogen-bond donors (Lipinski definition) is 2. The van der Waals surface area contributed by atoms with E-state index < -0.39 is 0 Å². The molecule has 0 saturated carbocycles. The molecule has 0 atom stereocenters. The molecule has 0 aliphatic carbocycles. The summed E-state index contributed by atoms with van der Waals surface area (Å²) in [4.78, 5) is 32.5. The number of carbonyl (C=O) groups excluding carboxylic acids is 1. The van der Waals surface area contributed by atoms with Crippen LogP contribution in [0.2, 0.25) is 5.02 Å². The van der Waals surface area contributed by atoms with E-state index >= 15 is 0 Å². The quantitative estimate of drug-likeness (QED) is 0.504. The van der Waals surface area contributed by atoms with Crippen LogP contribution in [-0.2, 0) is 4.79 Å². The molecule has 2 N–H and O–H groups in total. The molecule has 0 aliphatic rings. The first-order chi connectivity index (χ1) is 14.6. The number of nitrogens with zero attached hydrogens (tertiary/aromatic N) is 5. The van der Waals surface area contributed by atoms with Crippen LogP contribution in [0, 0.1) is 12.3 Å². The Bertz CT molecular complexity index is 1340. The maximum absolute atomic E-state index is 12.7. The van der Waals surface area contributed by atoms with Gasteiger partial charge in [-0.2, -0.15) is 19.9 Å². The van der Waals surface area contributed by atoms with Gasteiger partial charge in [0.2, 0.25) is 11.9 Å². The van der Waals surface area contributed by atoms with Gasteiger partial charge in [-0.05, 0) is 30.5 Å². The van der Waals surface area contributed by atoms with Gasteiger partial charge in [0.05, 0.1) is 17.6 Å². The predicted octanol–water partition coefficient (Wildman–Crippen LogP) is 3.63. The van der Waals surface area contributed by atoms with E-state index in [2.05, 4.69) is 25.5 Å². The summed E-state index contributed by atoms with van der Waals surface area (Å²) in [6.07, 6.45) is 1.79. The molecule has 1 aromatic carbocycles. The minimum atomic E-state index is -0.367. The van der Waals surface area contributed by atoms with Crippen molar-refractivity contribution in [1.29, 1.82) is 0 Å². The number of carbonyl (C=O) groups is 1. The summed E-state index contributed by atoms with van der Waals surface area (Å²) in [5.74, 6) is 0.435. The number of benzene rings is 1. The maximum atomic E-state index is 12.7. The minimum Gasteiger partial charge on any atom is -0.310 e. The fraction of sp³-hybridized carbons (Fsp3) is 0.286. The van der Waals surface area contributed by atoms with Crippen molar-refractivity contribution in [2.45, 2.75) is 34.1 Å². The van der Waals surface area contributed by atoms with E-state index in [1.54, 1.807) is 31.2 Å². The third-order valence-corrected chi connectivity index (χ3v) is 4.70. The van der Waals surface area contributed by atoms with Crippen LogP contribution in [0.3, 0.4) is 0 Å². The lowest BCUT2D eigenvalue weighted by molar-refractivity contribution is -0.117. The number of aryl methyl sites for hydroxylation is 1. The fourth-order valence-electron chi connectivity index (χ4n) is 3.22. The van der Waals surface area contributed by atoms with Gasteiger partial charge in [-0.1, -0.05) is 38.4 Å². The zero-order chi connectivity index (χ0) is 22.3. The van der Waals surface area contributed by atoms with Crippen molar-refractivity contribution >= 4 is 34.4 Å². The topological polar surface area (TPSA) is 110 Å². The predicted molar refractivity (Wildman–Crippen MR) is 119 cm³/mol. The van der Waals surface area contributed by atoms with Gasteiger partial charge in [0.25, 0.3) is 5.56 Å². The van der Waals surface area contributed by atoms with Gasteiger partial charge >= 0.3 is 0 Å². The Labute approximate surface area is 183 Å². The SMILES string of the molecule is Cc1cc(NC(=O)CC(C)(C)C)n(-c2nc3c(cnn3-c3cccc(Cl)c3)c(=O)[nH]2)n1. The average Bonchev–Trinajstić information content (AvgIpc) is 3.23. The summed E-state index contributed by atoms with van der Waals surface area (Å²) in [6, 6.07) is 8.81. The molecule has 0 bridgehead atoms. The first kappa shape index (κ1) is 20.8. The number of H-pyrrole nitrogens is 1. The van der Waals surface area contributed by atoms with E-state index in [4.69, 9.17) is 11.6 Å². The first-order valence-corrected chi connectivity index (χ1v) is 10.1. The highest BCUT2D eigenvalue weighted by Gasteiger charge is 2.20. The molecular weight excluding hydrogens is 418 g/mol. The van der Waals surface area contributed by atoms with Crippen LogP contribution >= 0.6 is 11.6 Å². The Morgan fingerprint density at radius 2 is 2.00 bits per heavy atom. The van der Waals surface area contributed by atoms with Crippen LogP contribution in [0.1, 0.15) is 32.9 Å². The van der Waals surface area contributed by atoms with Gasteiger partial charge in [-0.25, -0.2) is 4.68 Å². The molecule has 0 spiro atoms. The highest BCUT2D eigenvalue weighted by Crippen LogP contribution is 2.22. The van der Waals surface area contributed by atoms with Crippen molar-refractivity contribution in [2.75, 3.05) is 5.32 Å². The van der Waals surface area contributed by atoms with E-state index in [9.17, 15) is 9.59 Å². The van der Waals surface area contributed by atoms with E-state index in [-0.39, 0.29) is 22.8 Å². The van der Waals surface area contributed by atoms with E-state index in [0.29, 0.717) is 39.7 Å². The standard InChI is InChI=1S/C21H22ClN7O2/c1-12-8-16(24-17(30)10-21(2,3)4)29(27-12)20-25-18-15(19(31)26-20)11-23-28(18)14-7-5-6-13(22)9-14/h5-9,11H,10H2,1-4H3,(H,24,30)(H,25,26,31). The number of aromatic nitrogens is 6. The van der Waals surface area contributed by atoms with Gasteiger partial charge < -0.3 is 5.32 Å². The zero-order valence-corrected chi connectivity index (χ0v) is 18.4. The summed E-state index contributed by atoms with van der Waals surface area (Å²) < 4.78 is 2.94. The fourth-order valence-corrected chi connectivity index (χ4v) is 3.41. The average molecular weight is 440 g/mol. The second-order valence-corrected chi connectivity index (χ2v) is 8.97. The number of hydrogen-bond acceptors (Lipinski definition) is 5. The lowest BCUT2D eigenvalue weighted by Gasteiger charge is -2.17. The van der Waals surface area contributed by atoms with Crippen LogP contribution in [0.4, 0.5) is 5.82 Å². The molecule has 160 valence electrons. The largest absolute Gasteiger partial charge is 0.310 e. The number of aromatic amines is 1. The molecule has 0 aliphatic heterocycles. The molecule has 0 unspecified atom stereocenters. The Hall–Kier alpha value is -3.46. The van der Waals surface area contributed by atoms with Gasteiger partial charge in [-0.15, -0.1) is 0 Å². The summed E-state index contributed by atoms with van der Waals surface area (Å²) >= 11 is 6.11. The van der Waals surface area contributed by atoms with Crippen LogP contribution in [-0.4, -0.2) is 35.4 Å². The minimum absolute atomic E-state index is 0.152. The number of nitrogens with one attached hydrogen (secondary N) is 2. The number of halogens is 1. The Balaban J connectivity index is 1.80. The summed E-state index contributed by atoms with van der Waals surface area (Å²) in [6.45, 7) is 7.75. The van der Waals surface area contributed by atoms with Crippen molar-refractivity contribution in [3.8, 4) is 11.6 Å². The molecule has 4 aromatic rings.